The zero-order valence-corrected chi connectivity index (χ0v) is 16.3. The number of hydrogen-bond acceptors (Lipinski definition) is 7. The molecule has 2 aromatic carbocycles. The molecule has 148 valence electrons. The average Bonchev–Trinajstić information content (AvgIpc) is 2.66. The lowest BCUT2D eigenvalue weighted by Crippen LogP contribution is -2.26. The van der Waals surface area contributed by atoms with E-state index in [-0.39, 0.29) is 17.2 Å². The van der Waals surface area contributed by atoms with Crippen LogP contribution in [0, 0.1) is 0 Å². The second-order valence-electron chi connectivity index (χ2n) is 5.77. The number of sulfonamides is 1. The number of carbonyl (C=O) groups is 1. The van der Waals surface area contributed by atoms with Gasteiger partial charge in [0.15, 0.2) is 11.5 Å². The second-order valence-corrected chi connectivity index (χ2v) is 7.35. The highest BCUT2D eigenvalue weighted by Gasteiger charge is 2.25. The third kappa shape index (κ3) is 3.86. The number of nitrogens with zero attached hydrogens (tertiary/aromatic N) is 1. The normalized spacial score (nSPS) is 14.2. The summed E-state index contributed by atoms with van der Waals surface area (Å²) in [6.07, 6.45) is -0.260. The highest BCUT2D eigenvalue weighted by Crippen LogP contribution is 2.40. The third-order valence-corrected chi connectivity index (χ3v) is 5.32. The SMILES string of the molecule is COc1cc(NC(=O)CC2=NS(=O)(=O)c3ccccc3N2)cc(OC)c1OC. The van der Waals surface area contributed by atoms with Crippen LogP contribution in [-0.4, -0.2) is 41.5 Å². The number of para-hydroxylation sites is 1. The number of anilines is 2. The Morgan fingerprint density at radius 2 is 1.71 bits per heavy atom. The fourth-order valence-electron chi connectivity index (χ4n) is 2.75. The first-order chi connectivity index (χ1) is 13.4. The Kier molecular flexibility index (Phi) is 5.41. The van der Waals surface area contributed by atoms with Crippen LogP contribution in [0.25, 0.3) is 0 Å². The molecule has 1 heterocycles. The van der Waals surface area contributed by atoms with E-state index >= 15 is 0 Å². The van der Waals surface area contributed by atoms with E-state index in [2.05, 4.69) is 15.0 Å². The first kappa shape index (κ1) is 19.5. The van der Waals surface area contributed by atoms with E-state index in [1.807, 2.05) is 0 Å². The van der Waals surface area contributed by atoms with Crippen molar-refractivity contribution in [1.29, 1.82) is 0 Å². The van der Waals surface area contributed by atoms with Gasteiger partial charge in [0.1, 0.15) is 10.7 Å². The third-order valence-electron chi connectivity index (χ3n) is 3.95. The molecule has 0 saturated heterocycles. The predicted molar refractivity (Wildman–Crippen MR) is 104 cm³/mol. The maximum absolute atomic E-state index is 12.4. The van der Waals surface area contributed by atoms with Gasteiger partial charge in [-0.05, 0) is 12.1 Å². The first-order valence-corrected chi connectivity index (χ1v) is 9.61. The van der Waals surface area contributed by atoms with Crippen molar-refractivity contribution in [3.05, 3.63) is 36.4 Å². The van der Waals surface area contributed by atoms with Crippen LogP contribution >= 0.6 is 0 Å². The summed E-state index contributed by atoms with van der Waals surface area (Å²) in [7, 11) is 0.553. The zero-order chi connectivity index (χ0) is 20.3. The summed E-state index contributed by atoms with van der Waals surface area (Å²) in [5.74, 6) is 0.714. The summed E-state index contributed by atoms with van der Waals surface area (Å²) in [5.41, 5.74) is 0.784. The van der Waals surface area contributed by atoms with Crippen molar-refractivity contribution < 1.29 is 27.4 Å². The molecule has 0 radical (unpaired) electrons. The lowest BCUT2D eigenvalue weighted by atomic mass is 10.2. The van der Waals surface area contributed by atoms with Crippen molar-refractivity contribution in [1.82, 2.24) is 0 Å². The predicted octanol–water partition coefficient (Wildman–Crippen LogP) is 2.25. The molecule has 2 aromatic rings. The smallest absolute Gasteiger partial charge is 0.286 e. The number of methoxy groups -OCH3 is 3. The molecule has 3 rings (SSSR count). The number of amides is 1. The molecule has 0 spiro atoms. The molecule has 10 heteroatoms. The molecule has 0 saturated carbocycles. The van der Waals surface area contributed by atoms with Gasteiger partial charge in [-0.2, -0.15) is 8.42 Å². The molecule has 2 N–H and O–H groups in total. The number of nitrogens with one attached hydrogen (secondary N) is 2. The molecule has 0 atom stereocenters. The van der Waals surface area contributed by atoms with Crippen LogP contribution in [-0.2, 0) is 14.8 Å². The Labute approximate surface area is 162 Å². The number of carbonyl (C=O) groups excluding carboxylic acids is 1. The van der Waals surface area contributed by atoms with Gasteiger partial charge >= 0.3 is 0 Å². The molecule has 0 unspecified atom stereocenters. The summed E-state index contributed by atoms with van der Waals surface area (Å²) in [4.78, 5) is 12.5. The van der Waals surface area contributed by atoms with E-state index in [0.29, 0.717) is 28.6 Å². The molecule has 1 amide bonds. The average molecular weight is 405 g/mol. The molecule has 1 aliphatic heterocycles. The van der Waals surface area contributed by atoms with E-state index in [4.69, 9.17) is 14.2 Å². The number of fused-ring (bicyclic) bond motifs is 1. The largest absolute Gasteiger partial charge is 0.493 e. The number of amidine groups is 1. The van der Waals surface area contributed by atoms with E-state index in [1.54, 1.807) is 30.3 Å². The lowest BCUT2D eigenvalue weighted by molar-refractivity contribution is -0.115. The lowest BCUT2D eigenvalue weighted by Gasteiger charge is -2.18. The summed E-state index contributed by atoms with van der Waals surface area (Å²) >= 11 is 0. The standard InChI is InChI=1S/C18H19N3O6S/c1-25-13-8-11(9-14(26-2)18(13)27-3)19-17(22)10-16-20-12-6-4-5-7-15(12)28(23,24)21-16/h4-9H,10H2,1-3H3,(H,19,22)(H,20,21). The van der Waals surface area contributed by atoms with Crippen molar-refractivity contribution in [3.63, 3.8) is 0 Å². The molecular weight excluding hydrogens is 386 g/mol. The van der Waals surface area contributed by atoms with Gasteiger partial charge in [0.2, 0.25) is 11.7 Å². The maximum atomic E-state index is 12.4. The van der Waals surface area contributed by atoms with E-state index in [1.165, 1.54) is 27.4 Å². The van der Waals surface area contributed by atoms with E-state index in [9.17, 15) is 13.2 Å². The van der Waals surface area contributed by atoms with Crippen molar-refractivity contribution in [3.8, 4) is 17.2 Å². The van der Waals surface area contributed by atoms with Gasteiger partial charge in [0.05, 0.1) is 33.4 Å². The Morgan fingerprint density at radius 3 is 2.32 bits per heavy atom. The highest BCUT2D eigenvalue weighted by molar-refractivity contribution is 7.90. The van der Waals surface area contributed by atoms with Gasteiger partial charge in [-0.15, -0.1) is 4.40 Å². The summed E-state index contributed by atoms with van der Waals surface area (Å²) < 4.78 is 43.9. The summed E-state index contributed by atoms with van der Waals surface area (Å²) in [5, 5.41) is 5.54. The molecule has 0 bridgehead atoms. The minimum Gasteiger partial charge on any atom is -0.493 e. The van der Waals surface area contributed by atoms with Crippen molar-refractivity contribution in [2.24, 2.45) is 4.40 Å². The molecule has 0 aromatic heterocycles. The number of ether oxygens (including phenoxy) is 3. The summed E-state index contributed by atoms with van der Waals surface area (Å²) in [6.45, 7) is 0. The quantitative estimate of drug-likeness (QED) is 0.757. The van der Waals surface area contributed by atoms with Crippen LogP contribution in [0.2, 0.25) is 0 Å². The fraction of sp³-hybridized carbons (Fsp3) is 0.222. The Morgan fingerprint density at radius 1 is 1.07 bits per heavy atom. The highest BCUT2D eigenvalue weighted by atomic mass is 32.2. The first-order valence-electron chi connectivity index (χ1n) is 8.17. The molecule has 0 aliphatic carbocycles. The van der Waals surface area contributed by atoms with Gasteiger partial charge in [0.25, 0.3) is 10.0 Å². The van der Waals surface area contributed by atoms with Gasteiger partial charge in [0, 0.05) is 17.8 Å². The molecule has 1 aliphatic rings. The van der Waals surface area contributed by atoms with Gasteiger partial charge in [-0.25, -0.2) is 0 Å². The van der Waals surface area contributed by atoms with Crippen LogP contribution < -0.4 is 24.8 Å². The minimum atomic E-state index is -3.85. The van der Waals surface area contributed by atoms with Gasteiger partial charge < -0.3 is 24.8 Å². The summed E-state index contributed by atoms with van der Waals surface area (Å²) in [6, 6.07) is 9.51. The minimum absolute atomic E-state index is 0.0311. The van der Waals surface area contributed by atoms with Crippen LogP contribution in [0.15, 0.2) is 45.7 Å². The topological polar surface area (TPSA) is 115 Å². The van der Waals surface area contributed by atoms with Crippen molar-refractivity contribution in [2.75, 3.05) is 32.0 Å². The van der Waals surface area contributed by atoms with Crippen LogP contribution in [0.4, 0.5) is 11.4 Å². The van der Waals surface area contributed by atoms with E-state index < -0.39 is 15.9 Å². The molecular formula is C18H19N3O6S. The van der Waals surface area contributed by atoms with E-state index in [0.717, 1.165) is 0 Å². The number of benzene rings is 2. The van der Waals surface area contributed by atoms with Crippen LogP contribution in [0.1, 0.15) is 6.42 Å². The Bertz CT molecular complexity index is 1020. The zero-order valence-electron chi connectivity index (χ0n) is 15.5. The maximum Gasteiger partial charge on any atom is 0.286 e. The van der Waals surface area contributed by atoms with Crippen LogP contribution in [0.5, 0.6) is 17.2 Å². The van der Waals surface area contributed by atoms with Crippen LogP contribution in [0.3, 0.4) is 0 Å². The fourth-order valence-corrected chi connectivity index (χ4v) is 3.90. The Hall–Kier alpha value is -3.27. The van der Waals surface area contributed by atoms with Crippen molar-refractivity contribution in [2.45, 2.75) is 11.3 Å². The van der Waals surface area contributed by atoms with Crippen molar-refractivity contribution >= 4 is 33.1 Å². The molecule has 9 nitrogen and oxygen atoms in total. The second kappa shape index (κ2) is 7.77. The molecule has 0 fully saturated rings. The number of rotatable bonds is 6. The number of hydrogen-bond donors (Lipinski definition) is 2. The monoisotopic (exact) mass is 405 g/mol. The molecule has 28 heavy (non-hydrogen) atoms. The van der Waals surface area contributed by atoms with Gasteiger partial charge in [-0.3, -0.25) is 4.79 Å². The van der Waals surface area contributed by atoms with Gasteiger partial charge in [-0.1, -0.05) is 12.1 Å². The Balaban J connectivity index is 1.79.